The fourth-order valence-corrected chi connectivity index (χ4v) is 1.90. The molecule has 0 aromatic heterocycles. The molecule has 0 atom stereocenters. The van der Waals surface area contributed by atoms with Gasteiger partial charge in [-0.05, 0) is 18.2 Å². The molecular formula is C9H9F3N2O4S. The van der Waals surface area contributed by atoms with Crippen LogP contribution in [0.25, 0.3) is 0 Å². The van der Waals surface area contributed by atoms with Gasteiger partial charge in [-0.15, -0.1) is 0 Å². The van der Waals surface area contributed by atoms with Crippen LogP contribution in [0.3, 0.4) is 0 Å². The van der Waals surface area contributed by atoms with Crippen LogP contribution in [0.15, 0.2) is 23.1 Å². The van der Waals surface area contributed by atoms with E-state index in [1.165, 1.54) is 5.32 Å². The van der Waals surface area contributed by atoms with Crippen molar-refractivity contribution in [3.8, 4) is 5.75 Å². The van der Waals surface area contributed by atoms with Crippen LogP contribution in [0.1, 0.15) is 0 Å². The van der Waals surface area contributed by atoms with Gasteiger partial charge in [0.15, 0.2) is 0 Å². The lowest BCUT2D eigenvalue weighted by atomic mass is 10.3. The molecule has 1 aromatic rings. The number of anilines is 1. The number of hydrogen-bond donors (Lipinski definition) is 2. The first-order chi connectivity index (χ1) is 8.55. The Morgan fingerprint density at radius 2 is 1.95 bits per heavy atom. The van der Waals surface area contributed by atoms with Crippen LogP contribution in [-0.4, -0.2) is 27.6 Å². The van der Waals surface area contributed by atoms with Gasteiger partial charge in [0.1, 0.15) is 10.6 Å². The summed E-state index contributed by atoms with van der Waals surface area (Å²) >= 11 is 0. The van der Waals surface area contributed by atoms with Crippen LogP contribution in [0.5, 0.6) is 5.75 Å². The molecule has 0 heterocycles. The number of carbonyl (C=O) groups is 1. The third-order valence-electron chi connectivity index (χ3n) is 1.99. The van der Waals surface area contributed by atoms with Gasteiger partial charge in [0.05, 0.1) is 7.11 Å². The molecule has 0 aliphatic carbocycles. The van der Waals surface area contributed by atoms with E-state index in [0.717, 1.165) is 25.3 Å². The van der Waals surface area contributed by atoms with E-state index in [1.807, 2.05) is 0 Å². The molecule has 3 N–H and O–H groups in total. The number of carbonyl (C=O) groups excluding carboxylic acids is 1. The SMILES string of the molecule is COc1ccc(NC(=O)C(F)(F)F)cc1S(N)(=O)=O. The minimum absolute atomic E-state index is 0.146. The molecule has 0 fully saturated rings. The Morgan fingerprint density at radius 1 is 1.37 bits per heavy atom. The lowest BCUT2D eigenvalue weighted by Crippen LogP contribution is -2.30. The maximum absolute atomic E-state index is 12.0. The van der Waals surface area contributed by atoms with Gasteiger partial charge in [-0.25, -0.2) is 13.6 Å². The second-order valence-corrected chi connectivity index (χ2v) is 4.89. The highest BCUT2D eigenvalue weighted by Crippen LogP contribution is 2.27. The van der Waals surface area contributed by atoms with E-state index in [9.17, 15) is 26.4 Å². The molecule has 0 bridgehead atoms. The van der Waals surface area contributed by atoms with E-state index >= 15 is 0 Å². The fraction of sp³-hybridized carbons (Fsp3) is 0.222. The summed E-state index contributed by atoms with van der Waals surface area (Å²) in [5.74, 6) is -2.37. The van der Waals surface area contributed by atoms with Crippen molar-refractivity contribution in [2.24, 2.45) is 5.14 Å². The Kier molecular flexibility index (Phi) is 4.06. The maximum Gasteiger partial charge on any atom is 0.471 e. The molecule has 19 heavy (non-hydrogen) atoms. The van der Waals surface area contributed by atoms with Crippen LogP contribution >= 0.6 is 0 Å². The highest BCUT2D eigenvalue weighted by Gasteiger charge is 2.38. The molecular weight excluding hydrogens is 289 g/mol. The zero-order chi connectivity index (χ0) is 14.8. The van der Waals surface area contributed by atoms with Crippen LogP contribution in [0.2, 0.25) is 0 Å². The number of rotatable bonds is 3. The summed E-state index contributed by atoms with van der Waals surface area (Å²) in [7, 11) is -3.03. The highest BCUT2D eigenvalue weighted by molar-refractivity contribution is 7.89. The van der Waals surface area contributed by atoms with E-state index in [2.05, 4.69) is 0 Å². The first-order valence-electron chi connectivity index (χ1n) is 4.64. The predicted molar refractivity (Wildman–Crippen MR) is 59.1 cm³/mol. The molecule has 0 aliphatic heterocycles. The van der Waals surface area contributed by atoms with Gasteiger partial charge < -0.3 is 10.1 Å². The van der Waals surface area contributed by atoms with E-state index in [4.69, 9.17) is 9.88 Å². The minimum Gasteiger partial charge on any atom is -0.495 e. The number of halogens is 3. The highest BCUT2D eigenvalue weighted by atomic mass is 32.2. The third kappa shape index (κ3) is 3.83. The van der Waals surface area contributed by atoms with Crippen LogP contribution < -0.4 is 15.2 Å². The monoisotopic (exact) mass is 298 g/mol. The van der Waals surface area contributed by atoms with Crippen molar-refractivity contribution < 1.29 is 31.1 Å². The average molecular weight is 298 g/mol. The van der Waals surface area contributed by atoms with Gasteiger partial charge in [-0.3, -0.25) is 4.79 Å². The fourth-order valence-electron chi connectivity index (χ4n) is 1.18. The third-order valence-corrected chi connectivity index (χ3v) is 2.92. The van der Waals surface area contributed by atoms with E-state index in [1.54, 1.807) is 0 Å². The molecule has 0 saturated heterocycles. The van der Waals surface area contributed by atoms with Crippen molar-refractivity contribution in [2.45, 2.75) is 11.1 Å². The zero-order valence-corrected chi connectivity index (χ0v) is 10.3. The largest absolute Gasteiger partial charge is 0.495 e. The number of benzene rings is 1. The molecule has 1 rings (SSSR count). The Morgan fingerprint density at radius 3 is 2.37 bits per heavy atom. The molecule has 0 saturated carbocycles. The maximum atomic E-state index is 12.0. The Labute approximate surface area is 106 Å². The zero-order valence-electron chi connectivity index (χ0n) is 9.48. The molecule has 0 spiro atoms. The molecule has 10 heteroatoms. The van der Waals surface area contributed by atoms with Gasteiger partial charge in [-0.2, -0.15) is 13.2 Å². The number of ether oxygens (including phenoxy) is 1. The van der Waals surface area contributed by atoms with Crippen molar-refractivity contribution in [3.05, 3.63) is 18.2 Å². The number of sulfonamides is 1. The number of primary sulfonamides is 1. The number of methoxy groups -OCH3 is 1. The van der Waals surface area contributed by atoms with Gasteiger partial charge in [0.2, 0.25) is 10.0 Å². The van der Waals surface area contributed by atoms with Gasteiger partial charge in [0, 0.05) is 5.69 Å². The summed E-state index contributed by atoms with van der Waals surface area (Å²) < 4.78 is 63.2. The van der Waals surface area contributed by atoms with Crippen molar-refractivity contribution >= 4 is 21.6 Å². The Hall–Kier alpha value is -1.81. The van der Waals surface area contributed by atoms with E-state index < -0.39 is 27.0 Å². The number of nitrogens with one attached hydrogen (secondary N) is 1. The van der Waals surface area contributed by atoms with Gasteiger partial charge in [0.25, 0.3) is 0 Å². The summed E-state index contributed by atoms with van der Waals surface area (Å²) in [6.07, 6.45) is -5.08. The van der Waals surface area contributed by atoms with Crippen molar-refractivity contribution in [3.63, 3.8) is 0 Å². The normalized spacial score (nSPS) is 12.1. The second kappa shape index (κ2) is 5.05. The van der Waals surface area contributed by atoms with Crippen molar-refractivity contribution in [2.75, 3.05) is 12.4 Å². The van der Waals surface area contributed by atoms with E-state index in [-0.39, 0.29) is 11.4 Å². The molecule has 0 radical (unpaired) electrons. The predicted octanol–water partition coefficient (Wildman–Crippen LogP) is 0.843. The van der Waals surface area contributed by atoms with Crippen LogP contribution in [0.4, 0.5) is 18.9 Å². The number of alkyl halides is 3. The summed E-state index contributed by atoms with van der Waals surface area (Å²) in [4.78, 5) is 10.2. The average Bonchev–Trinajstić information content (AvgIpc) is 2.26. The molecule has 0 aliphatic rings. The number of hydrogen-bond acceptors (Lipinski definition) is 4. The summed E-state index contributed by atoms with van der Waals surface area (Å²) in [5, 5.41) is 6.38. The summed E-state index contributed by atoms with van der Waals surface area (Å²) in [6, 6.07) is 2.90. The summed E-state index contributed by atoms with van der Waals surface area (Å²) in [5.41, 5.74) is -0.368. The van der Waals surface area contributed by atoms with Crippen molar-refractivity contribution in [1.29, 1.82) is 0 Å². The first kappa shape index (κ1) is 15.2. The lowest BCUT2D eigenvalue weighted by molar-refractivity contribution is -0.167. The van der Waals surface area contributed by atoms with Crippen molar-refractivity contribution in [1.82, 2.24) is 0 Å². The van der Waals surface area contributed by atoms with Crippen LogP contribution in [0, 0.1) is 0 Å². The second-order valence-electron chi connectivity index (χ2n) is 3.36. The molecule has 1 amide bonds. The molecule has 1 aromatic carbocycles. The van der Waals surface area contributed by atoms with Gasteiger partial charge in [-0.1, -0.05) is 0 Å². The van der Waals surface area contributed by atoms with Crippen LogP contribution in [-0.2, 0) is 14.8 Å². The molecule has 0 unspecified atom stereocenters. The minimum atomic E-state index is -5.08. The quantitative estimate of drug-likeness (QED) is 0.864. The molecule has 106 valence electrons. The Balaban J connectivity index is 3.17. The lowest BCUT2D eigenvalue weighted by Gasteiger charge is -2.11. The topological polar surface area (TPSA) is 98.5 Å². The summed E-state index contributed by atoms with van der Waals surface area (Å²) in [6.45, 7) is 0. The number of nitrogens with two attached hydrogens (primary N) is 1. The van der Waals surface area contributed by atoms with E-state index in [0.29, 0.717) is 0 Å². The first-order valence-corrected chi connectivity index (χ1v) is 6.19. The standard InChI is InChI=1S/C9H9F3N2O4S/c1-18-6-3-2-5(4-7(6)19(13,16)17)14-8(15)9(10,11)12/h2-4H,1H3,(H,14,15)(H2,13,16,17). The molecule has 6 nitrogen and oxygen atoms in total. The smallest absolute Gasteiger partial charge is 0.471 e. The number of amides is 1. The van der Waals surface area contributed by atoms with Gasteiger partial charge >= 0.3 is 12.1 Å². The Bertz CT molecular complexity index is 598.